The molecule has 0 unspecified atom stereocenters. The number of rotatable bonds is 4. The Balaban J connectivity index is 1.41. The van der Waals surface area contributed by atoms with Crippen molar-refractivity contribution in [1.29, 1.82) is 0 Å². The molecule has 0 atom stereocenters. The summed E-state index contributed by atoms with van der Waals surface area (Å²) < 4.78 is 33.1. The van der Waals surface area contributed by atoms with Gasteiger partial charge in [-0.25, -0.2) is 13.8 Å². The molecular weight excluding hydrogens is 408 g/mol. The summed E-state index contributed by atoms with van der Waals surface area (Å²) in [6.07, 6.45) is 1.73. The van der Waals surface area contributed by atoms with E-state index in [0.29, 0.717) is 22.6 Å². The van der Waals surface area contributed by atoms with Gasteiger partial charge in [-0.05, 0) is 30.7 Å². The molecule has 8 nitrogen and oxygen atoms in total. The second kappa shape index (κ2) is 6.67. The number of carbonyl (C=O) groups is 1. The molecule has 1 aromatic carbocycles. The number of alkyl halides is 2. The Labute approximate surface area is 174 Å². The van der Waals surface area contributed by atoms with E-state index in [1.54, 1.807) is 40.9 Å². The molecule has 0 saturated heterocycles. The number of amides is 1. The molecular formula is C21H17F2N5O3. The molecule has 0 radical (unpaired) electrons. The highest BCUT2D eigenvalue weighted by Crippen LogP contribution is 2.51. The van der Waals surface area contributed by atoms with Gasteiger partial charge < -0.3 is 14.9 Å². The number of nitrogens with zero attached hydrogens (tertiary/aromatic N) is 4. The van der Waals surface area contributed by atoms with Gasteiger partial charge in [-0.1, -0.05) is 23.4 Å². The van der Waals surface area contributed by atoms with Gasteiger partial charge in [-0.3, -0.25) is 9.20 Å². The van der Waals surface area contributed by atoms with E-state index in [9.17, 15) is 18.7 Å². The highest BCUT2D eigenvalue weighted by atomic mass is 19.3. The topological polar surface area (TPSA) is 106 Å². The monoisotopic (exact) mass is 425 g/mol. The fourth-order valence-electron chi connectivity index (χ4n) is 3.67. The summed E-state index contributed by atoms with van der Waals surface area (Å²) in [5, 5.41) is 16.9. The fourth-order valence-corrected chi connectivity index (χ4v) is 3.67. The molecule has 2 N–H and O–H groups in total. The molecule has 5 rings (SSSR count). The number of fused-ring (bicyclic) bond motifs is 1. The van der Waals surface area contributed by atoms with Gasteiger partial charge in [0, 0.05) is 30.3 Å². The minimum atomic E-state index is -2.94. The van der Waals surface area contributed by atoms with Gasteiger partial charge >= 0.3 is 0 Å². The van der Waals surface area contributed by atoms with Crippen molar-refractivity contribution in [1.82, 2.24) is 19.5 Å². The normalized spacial score (nSPS) is 16.8. The van der Waals surface area contributed by atoms with Gasteiger partial charge in [0.25, 0.3) is 17.7 Å². The summed E-state index contributed by atoms with van der Waals surface area (Å²) in [5.41, 5.74) is 1.02. The first-order valence-electron chi connectivity index (χ1n) is 9.53. The van der Waals surface area contributed by atoms with E-state index in [4.69, 9.17) is 4.52 Å². The number of aryl methyl sites for hydroxylation is 1. The maximum atomic E-state index is 13.2. The lowest BCUT2D eigenvalue weighted by Gasteiger charge is -2.39. The average Bonchev–Trinajstić information content (AvgIpc) is 3.36. The van der Waals surface area contributed by atoms with Crippen molar-refractivity contribution >= 4 is 17.2 Å². The Hall–Kier alpha value is -3.66. The number of imidazole rings is 1. The predicted molar refractivity (Wildman–Crippen MR) is 106 cm³/mol. The standard InChI is InChI=1S/C21H17F2N5O3/c1-12-5-6-13(17-26-19(31-27-17)20(30)10-21(22,23)11-20)8-14(12)25-18(29)15-9-24-16-4-2-3-7-28(15)16/h2-9,30H,10-11H2,1H3,(H,25,29). The van der Waals surface area contributed by atoms with Gasteiger partial charge in [0.2, 0.25) is 5.82 Å². The van der Waals surface area contributed by atoms with Crippen LogP contribution in [0, 0.1) is 6.92 Å². The maximum absolute atomic E-state index is 13.2. The smallest absolute Gasteiger partial charge is 0.274 e. The lowest BCUT2D eigenvalue weighted by Crippen LogP contribution is -2.49. The summed E-state index contributed by atoms with van der Waals surface area (Å²) in [5.74, 6) is -3.41. The first kappa shape index (κ1) is 19.3. The van der Waals surface area contributed by atoms with Crippen molar-refractivity contribution in [3.05, 3.63) is 65.9 Å². The van der Waals surface area contributed by atoms with Gasteiger partial charge in [0.1, 0.15) is 11.3 Å². The number of benzene rings is 1. The molecule has 1 saturated carbocycles. The summed E-state index contributed by atoms with van der Waals surface area (Å²) in [4.78, 5) is 21.1. The van der Waals surface area contributed by atoms with Crippen molar-refractivity contribution in [2.24, 2.45) is 0 Å². The number of pyridine rings is 1. The highest BCUT2D eigenvalue weighted by Gasteiger charge is 2.60. The number of hydrogen-bond donors (Lipinski definition) is 2. The molecule has 3 heterocycles. The number of halogens is 2. The van der Waals surface area contributed by atoms with Crippen LogP contribution in [0.1, 0.15) is 34.8 Å². The van der Waals surface area contributed by atoms with Crippen molar-refractivity contribution in [3.63, 3.8) is 0 Å². The van der Waals surface area contributed by atoms with E-state index in [-0.39, 0.29) is 17.6 Å². The first-order valence-corrected chi connectivity index (χ1v) is 9.53. The zero-order chi connectivity index (χ0) is 21.8. The molecule has 158 valence electrons. The highest BCUT2D eigenvalue weighted by molar-refractivity contribution is 6.04. The molecule has 10 heteroatoms. The van der Waals surface area contributed by atoms with Crippen LogP contribution >= 0.6 is 0 Å². The van der Waals surface area contributed by atoms with Crippen molar-refractivity contribution in [2.45, 2.75) is 31.3 Å². The predicted octanol–water partition coefficient (Wildman–Crippen LogP) is 3.56. The van der Waals surface area contributed by atoms with Gasteiger partial charge in [0.15, 0.2) is 5.60 Å². The van der Waals surface area contributed by atoms with Crippen LogP contribution in [0.4, 0.5) is 14.5 Å². The van der Waals surface area contributed by atoms with Crippen LogP contribution in [-0.2, 0) is 5.60 Å². The minimum absolute atomic E-state index is 0.129. The zero-order valence-corrected chi connectivity index (χ0v) is 16.3. The van der Waals surface area contributed by atoms with Crippen LogP contribution in [0.15, 0.2) is 53.3 Å². The second-order valence-electron chi connectivity index (χ2n) is 7.72. The molecule has 1 aliphatic rings. The van der Waals surface area contributed by atoms with Gasteiger partial charge in [-0.15, -0.1) is 0 Å². The molecule has 4 aromatic rings. The molecule has 0 spiro atoms. The third-order valence-corrected chi connectivity index (χ3v) is 5.32. The van der Waals surface area contributed by atoms with E-state index >= 15 is 0 Å². The van der Waals surface area contributed by atoms with Crippen molar-refractivity contribution in [2.75, 3.05) is 5.32 Å². The van der Waals surface area contributed by atoms with Crippen LogP contribution in [0.5, 0.6) is 0 Å². The Kier molecular flexibility index (Phi) is 4.16. The number of hydrogen-bond acceptors (Lipinski definition) is 6. The third-order valence-electron chi connectivity index (χ3n) is 5.32. The number of carbonyl (C=O) groups excluding carboxylic acids is 1. The van der Waals surface area contributed by atoms with Crippen molar-refractivity contribution in [3.8, 4) is 11.4 Å². The SMILES string of the molecule is Cc1ccc(-c2noc(C3(O)CC(F)(F)C3)n2)cc1NC(=O)c1cnc2ccccn12. The summed E-state index contributed by atoms with van der Waals surface area (Å²) in [6, 6.07) is 10.6. The van der Waals surface area contributed by atoms with E-state index in [1.165, 1.54) is 6.20 Å². The Morgan fingerprint density at radius 1 is 1.26 bits per heavy atom. The summed E-state index contributed by atoms with van der Waals surface area (Å²) in [7, 11) is 0. The average molecular weight is 425 g/mol. The largest absolute Gasteiger partial charge is 0.380 e. The van der Waals surface area contributed by atoms with Crippen LogP contribution in [-0.4, -0.2) is 36.5 Å². The molecule has 1 fully saturated rings. The maximum Gasteiger partial charge on any atom is 0.274 e. The molecule has 0 aliphatic heterocycles. The van der Waals surface area contributed by atoms with Crippen LogP contribution in [0.2, 0.25) is 0 Å². The molecule has 1 aliphatic carbocycles. The Morgan fingerprint density at radius 2 is 2.06 bits per heavy atom. The number of nitrogens with one attached hydrogen (secondary N) is 1. The van der Waals surface area contributed by atoms with E-state index in [2.05, 4.69) is 20.4 Å². The van der Waals surface area contributed by atoms with E-state index in [1.807, 2.05) is 13.0 Å². The zero-order valence-electron chi connectivity index (χ0n) is 16.3. The Morgan fingerprint density at radius 3 is 2.84 bits per heavy atom. The minimum Gasteiger partial charge on any atom is -0.380 e. The molecule has 1 amide bonds. The molecule has 31 heavy (non-hydrogen) atoms. The van der Waals surface area contributed by atoms with E-state index in [0.717, 1.165) is 5.56 Å². The van der Waals surface area contributed by atoms with Crippen LogP contribution in [0.25, 0.3) is 17.0 Å². The fraction of sp³-hybridized carbons (Fsp3) is 0.238. The second-order valence-corrected chi connectivity index (χ2v) is 7.72. The lowest BCUT2D eigenvalue weighted by molar-refractivity contribution is -0.220. The quantitative estimate of drug-likeness (QED) is 0.518. The Bertz CT molecular complexity index is 1310. The first-order chi connectivity index (χ1) is 14.7. The van der Waals surface area contributed by atoms with Crippen LogP contribution < -0.4 is 5.32 Å². The lowest BCUT2D eigenvalue weighted by atomic mass is 9.76. The van der Waals surface area contributed by atoms with E-state index < -0.39 is 24.4 Å². The number of aliphatic hydroxyl groups is 1. The van der Waals surface area contributed by atoms with Gasteiger partial charge in [0.05, 0.1) is 6.20 Å². The molecule has 0 bridgehead atoms. The number of anilines is 1. The molecule has 3 aromatic heterocycles. The van der Waals surface area contributed by atoms with Gasteiger partial charge in [-0.2, -0.15) is 4.98 Å². The van der Waals surface area contributed by atoms with Crippen LogP contribution in [0.3, 0.4) is 0 Å². The number of aromatic nitrogens is 4. The third kappa shape index (κ3) is 3.34. The van der Waals surface area contributed by atoms with Crippen molar-refractivity contribution < 1.29 is 23.2 Å². The summed E-state index contributed by atoms with van der Waals surface area (Å²) >= 11 is 0. The summed E-state index contributed by atoms with van der Waals surface area (Å²) in [6.45, 7) is 1.83.